The van der Waals surface area contributed by atoms with Gasteiger partial charge in [-0.15, -0.1) is 0 Å². The SMILES string of the molecule is CCCC1=C[CH]([Zr+2]([CH]2C(C)=Cc3c(-c4ccc(C(C)(C)C)cc4)cccc32)=[Si](C)C)c2ccccc21.[Cl-].[Cl-]. The summed E-state index contributed by atoms with van der Waals surface area (Å²) in [6.45, 7) is 16.9. The quantitative estimate of drug-likeness (QED) is 0.372. The van der Waals surface area contributed by atoms with Crippen molar-refractivity contribution >= 4 is 17.1 Å². The molecule has 3 aromatic rings. The second-order valence-electron chi connectivity index (χ2n) is 11.9. The van der Waals surface area contributed by atoms with Crippen LogP contribution in [0.2, 0.25) is 13.1 Å². The van der Waals surface area contributed by atoms with E-state index in [9.17, 15) is 0 Å². The van der Waals surface area contributed by atoms with Gasteiger partial charge in [0.25, 0.3) is 0 Å². The molecule has 5 rings (SSSR count). The fraction of sp³-hybridized carbons (Fsp3) is 0.353. The summed E-state index contributed by atoms with van der Waals surface area (Å²) in [4.78, 5) is 0. The first kappa shape index (κ1) is 31.3. The topological polar surface area (TPSA) is 0 Å². The minimum Gasteiger partial charge on any atom is -1.00 e. The zero-order valence-corrected chi connectivity index (χ0v) is 28.8. The first-order valence-electron chi connectivity index (χ1n) is 13.6. The average molecular weight is 639 g/mol. The van der Waals surface area contributed by atoms with E-state index in [0.29, 0.717) is 7.25 Å². The van der Waals surface area contributed by atoms with Gasteiger partial charge >= 0.3 is 228 Å². The zero-order chi connectivity index (χ0) is 25.6. The molecule has 0 fully saturated rings. The Morgan fingerprint density at radius 3 is 2.08 bits per heavy atom. The molecule has 0 aromatic heterocycles. The summed E-state index contributed by atoms with van der Waals surface area (Å²) >= 11 is -1.96. The normalized spacial score (nSPS) is 17.2. The van der Waals surface area contributed by atoms with Gasteiger partial charge < -0.3 is 24.8 Å². The third-order valence-electron chi connectivity index (χ3n) is 8.09. The van der Waals surface area contributed by atoms with E-state index in [1.165, 1.54) is 35.1 Å². The van der Waals surface area contributed by atoms with E-state index in [-0.39, 0.29) is 35.7 Å². The molecule has 0 bridgehead atoms. The fourth-order valence-corrected chi connectivity index (χ4v) is 26.2. The minimum atomic E-state index is -1.96. The molecule has 0 saturated carbocycles. The van der Waals surface area contributed by atoms with E-state index >= 15 is 0 Å². The molecule has 2 atom stereocenters. The van der Waals surface area contributed by atoms with Crippen LogP contribution in [0, 0.1) is 0 Å². The van der Waals surface area contributed by atoms with Crippen molar-refractivity contribution in [2.45, 2.75) is 73.2 Å². The molecule has 0 saturated heterocycles. The van der Waals surface area contributed by atoms with Crippen LogP contribution in [-0.4, -0.2) is 5.43 Å². The van der Waals surface area contributed by atoms with Crippen molar-refractivity contribution < 1.29 is 45.2 Å². The number of hydrogen-bond acceptors (Lipinski definition) is 0. The number of hydrogen-bond donors (Lipinski definition) is 0. The average Bonchev–Trinajstić information content (AvgIpc) is 3.37. The van der Waals surface area contributed by atoms with Crippen molar-refractivity contribution in [3.63, 3.8) is 0 Å². The van der Waals surface area contributed by atoms with Crippen LogP contribution >= 0.6 is 0 Å². The molecule has 2 unspecified atom stereocenters. The summed E-state index contributed by atoms with van der Waals surface area (Å²) in [5.41, 5.74) is 13.5. The molecule has 0 heterocycles. The van der Waals surface area contributed by atoms with Gasteiger partial charge in [-0.25, -0.2) is 0 Å². The van der Waals surface area contributed by atoms with Gasteiger partial charge in [0.05, 0.1) is 0 Å². The molecule has 198 valence electrons. The van der Waals surface area contributed by atoms with E-state index in [1.807, 2.05) is 0 Å². The molecule has 38 heavy (non-hydrogen) atoms. The Kier molecular flexibility index (Phi) is 10.4. The van der Waals surface area contributed by atoms with Gasteiger partial charge in [-0.3, -0.25) is 0 Å². The number of rotatable bonds is 5. The van der Waals surface area contributed by atoms with Crippen LogP contribution in [-0.2, 0) is 25.8 Å². The van der Waals surface area contributed by atoms with Crippen molar-refractivity contribution in [1.82, 2.24) is 0 Å². The molecule has 0 N–H and O–H groups in total. The van der Waals surface area contributed by atoms with Gasteiger partial charge in [-0.2, -0.15) is 0 Å². The Hall–Kier alpha value is -1.18. The number of fused-ring (bicyclic) bond motifs is 2. The molecule has 0 radical (unpaired) electrons. The summed E-state index contributed by atoms with van der Waals surface area (Å²) in [5.74, 6) is 0. The Balaban J connectivity index is 0.00000200. The van der Waals surface area contributed by atoms with Crippen molar-refractivity contribution in [3.05, 3.63) is 106 Å². The van der Waals surface area contributed by atoms with Gasteiger partial charge in [0.15, 0.2) is 0 Å². The van der Waals surface area contributed by atoms with Crippen LogP contribution < -0.4 is 24.8 Å². The van der Waals surface area contributed by atoms with Gasteiger partial charge in [0.2, 0.25) is 0 Å². The second kappa shape index (κ2) is 12.6. The van der Waals surface area contributed by atoms with E-state index < -0.39 is 20.4 Å². The van der Waals surface area contributed by atoms with Crippen LogP contribution in [0.25, 0.3) is 22.8 Å². The number of allylic oxidation sites excluding steroid dienone is 3. The van der Waals surface area contributed by atoms with Crippen LogP contribution in [0.3, 0.4) is 0 Å². The molecule has 0 nitrogen and oxygen atoms in total. The number of halogens is 2. The zero-order valence-electron chi connectivity index (χ0n) is 23.8. The maximum absolute atomic E-state index is 2.74. The standard InChI is InChI=1S/C20H21.C12H13.C2H6Si.2ClH.Zr/c1-14-12-16-6-5-7-18(19(16)13-14)15-8-10-17(11-9-15)20(2,3)4;1-2-5-10-8-9-11-6-3-4-7-12(10)11;1-3-2;;;/h5-13H,1-4H3;3-4,6-9H,2,5H2,1H3;1-2H3;2*1H;/q;;;;;+2/p-2. The van der Waals surface area contributed by atoms with Crippen molar-refractivity contribution in [3.8, 4) is 11.1 Å². The Bertz CT molecular complexity index is 1400. The summed E-state index contributed by atoms with van der Waals surface area (Å²) < 4.78 is 1.40. The van der Waals surface area contributed by atoms with Gasteiger partial charge in [-0.1, -0.05) is 0 Å². The fourth-order valence-electron chi connectivity index (χ4n) is 6.33. The van der Waals surface area contributed by atoms with Crippen LogP contribution in [0.1, 0.15) is 82.5 Å². The predicted molar refractivity (Wildman–Crippen MR) is 157 cm³/mol. The molecule has 0 amide bonds. The summed E-state index contributed by atoms with van der Waals surface area (Å²) in [6, 6.07) is 25.8. The third-order valence-corrected chi connectivity index (χ3v) is 27.5. The minimum absolute atomic E-state index is 0. The van der Waals surface area contributed by atoms with Crippen molar-refractivity contribution in [2.24, 2.45) is 0 Å². The van der Waals surface area contributed by atoms with Gasteiger partial charge in [0, 0.05) is 0 Å². The van der Waals surface area contributed by atoms with E-state index in [2.05, 4.69) is 127 Å². The van der Waals surface area contributed by atoms with E-state index in [4.69, 9.17) is 0 Å². The number of benzene rings is 3. The Morgan fingerprint density at radius 1 is 0.816 bits per heavy atom. The van der Waals surface area contributed by atoms with E-state index in [1.54, 1.807) is 27.8 Å². The summed E-state index contributed by atoms with van der Waals surface area (Å²) in [7, 11) is 0. The first-order valence-corrected chi connectivity index (χ1v) is 22.6. The molecular formula is C34H40Cl2SiZr. The monoisotopic (exact) mass is 636 g/mol. The van der Waals surface area contributed by atoms with Crippen molar-refractivity contribution in [2.75, 3.05) is 0 Å². The molecule has 2 aliphatic rings. The largest absolute Gasteiger partial charge is 1.00 e. The molecule has 2 aliphatic carbocycles. The van der Waals surface area contributed by atoms with Crippen LogP contribution in [0.15, 0.2) is 78.4 Å². The molecule has 4 heteroatoms. The van der Waals surface area contributed by atoms with Crippen LogP contribution in [0.4, 0.5) is 0 Å². The predicted octanol–water partition coefficient (Wildman–Crippen LogP) is 3.92. The van der Waals surface area contributed by atoms with Gasteiger partial charge in [0.1, 0.15) is 0 Å². The third kappa shape index (κ3) is 5.81. The first-order chi connectivity index (χ1) is 17.2. The molecule has 3 aromatic carbocycles. The Morgan fingerprint density at radius 2 is 1.45 bits per heavy atom. The molecule has 0 aliphatic heterocycles. The second-order valence-corrected chi connectivity index (χ2v) is 29.9. The van der Waals surface area contributed by atoms with Crippen molar-refractivity contribution in [1.29, 1.82) is 0 Å². The summed E-state index contributed by atoms with van der Waals surface area (Å²) in [5, 5.41) is 0. The molecular weight excluding hydrogens is 599 g/mol. The molecule has 0 spiro atoms. The van der Waals surface area contributed by atoms with Gasteiger partial charge in [-0.05, 0) is 0 Å². The smallest absolute Gasteiger partial charge is 1.00 e. The van der Waals surface area contributed by atoms with E-state index in [0.717, 1.165) is 0 Å². The van der Waals surface area contributed by atoms with Crippen LogP contribution in [0.5, 0.6) is 0 Å². The maximum Gasteiger partial charge on any atom is -1.00 e. The maximum atomic E-state index is 2.74. The summed E-state index contributed by atoms with van der Waals surface area (Å²) in [6.07, 6.45) is 7.73. The Labute approximate surface area is 251 Å².